The first-order valence-corrected chi connectivity index (χ1v) is 15.7. The molecule has 3 rings (SSSR count). The number of rotatable bonds is 10. The molecule has 12 nitrogen and oxygen atoms in total. The number of hydrogen-bond acceptors (Lipinski definition) is 10. The lowest BCUT2D eigenvalue weighted by atomic mass is 10.2. The second-order valence-electron chi connectivity index (χ2n) is 11.5. The number of thiazole rings is 1. The number of hydrogen-bond donors (Lipinski definition) is 2. The normalized spacial score (nSPS) is 11.8. The van der Waals surface area contributed by atoms with Crippen LogP contribution < -0.4 is 19.7 Å². The Labute approximate surface area is 263 Å². The molecule has 1 heterocycles. The molecule has 2 aromatic carbocycles. The Morgan fingerprint density at radius 3 is 2.07 bits per heavy atom. The molecule has 1 aromatic heterocycles. The number of carbonyl (C=O) groups is 3. The van der Waals surface area contributed by atoms with Crippen molar-refractivity contribution in [3.8, 4) is 5.75 Å². The second kappa shape index (κ2) is 13.8. The van der Waals surface area contributed by atoms with Crippen molar-refractivity contribution in [2.75, 3.05) is 23.3 Å². The third-order valence-electron chi connectivity index (χ3n) is 5.51. The van der Waals surface area contributed by atoms with Gasteiger partial charge in [-0.1, -0.05) is 12.1 Å². The van der Waals surface area contributed by atoms with E-state index < -0.39 is 68.0 Å². The minimum atomic E-state index is -4.77. The van der Waals surface area contributed by atoms with Crippen LogP contribution in [0.15, 0.2) is 46.8 Å². The van der Waals surface area contributed by atoms with E-state index in [-0.39, 0.29) is 17.2 Å². The van der Waals surface area contributed by atoms with Gasteiger partial charge in [0.05, 0.1) is 24.1 Å². The van der Waals surface area contributed by atoms with Crippen molar-refractivity contribution < 1.29 is 45.8 Å². The number of benzene rings is 2. The van der Waals surface area contributed by atoms with E-state index in [2.05, 4.69) is 10.3 Å². The van der Waals surface area contributed by atoms with Gasteiger partial charge >= 0.3 is 12.1 Å². The number of nitrogens with zero attached hydrogens (tertiary/aromatic N) is 2. The molecule has 244 valence electrons. The smallest absolute Gasteiger partial charge is 0.408 e. The van der Waals surface area contributed by atoms with Crippen LogP contribution in [0.2, 0.25) is 0 Å². The zero-order valence-electron chi connectivity index (χ0n) is 25.7. The van der Waals surface area contributed by atoms with Gasteiger partial charge in [-0.15, -0.1) is 11.3 Å². The minimum Gasteiger partial charge on any atom is -0.497 e. The quantitative estimate of drug-likeness (QED) is 0.276. The number of amides is 2. The maximum Gasteiger partial charge on any atom is 0.408 e. The summed E-state index contributed by atoms with van der Waals surface area (Å²) in [5, 5.41) is 3.99. The highest BCUT2D eigenvalue weighted by Gasteiger charge is 2.34. The van der Waals surface area contributed by atoms with Crippen LogP contribution in [0.25, 0.3) is 0 Å². The number of nitrogens with one attached hydrogen (secondary N) is 2. The molecule has 0 radical (unpaired) electrons. The minimum absolute atomic E-state index is 0.147. The van der Waals surface area contributed by atoms with Crippen molar-refractivity contribution in [1.82, 2.24) is 10.3 Å². The molecular formula is C29H34F2N4O8S2. The van der Waals surface area contributed by atoms with Crippen LogP contribution in [0.1, 0.15) is 57.6 Å². The van der Waals surface area contributed by atoms with Crippen LogP contribution in [0.4, 0.5) is 24.3 Å². The number of alkyl carbamates (subject to hydrolysis) is 1. The SMILES string of the molecule is COc1ccc(CN(c2scnc2C(=O)OC(C)(C)C)S(=O)(=O)c2cc(F)c(NC(=O)CNC(=O)OC(C)(C)C)c(F)c2)cc1. The Hall–Kier alpha value is -4.31. The van der Waals surface area contributed by atoms with Gasteiger partial charge in [0, 0.05) is 0 Å². The maximum absolute atomic E-state index is 15.2. The molecule has 0 spiro atoms. The molecule has 0 aliphatic carbocycles. The lowest BCUT2D eigenvalue weighted by Crippen LogP contribution is -2.37. The van der Waals surface area contributed by atoms with Crippen LogP contribution in [0, 0.1) is 11.6 Å². The van der Waals surface area contributed by atoms with E-state index in [1.807, 2.05) is 5.32 Å². The van der Waals surface area contributed by atoms with E-state index in [4.69, 9.17) is 14.2 Å². The van der Waals surface area contributed by atoms with E-state index in [0.717, 1.165) is 15.6 Å². The summed E-state index contributed by atoms with van der Waals surface area (Å²) in [6, 6.07) is 7.42. The summed E-state index contributed by atoms with van der Waals surface area (Å²) in [5.41, 5.74) is -1.31. The molecule has 0 fully saturated rings. The second-order valence-corrected chi connectivity index (χ2v) is 14.2. The van der Waals surface area contributed by atoms with Crippen LogP contribution in [-0.2, 0) is 30.8 Å². The lowest BCUT2D eigenvalue weighted by Gasteiger charge is -2.25. The maximum atomic E-state index is 15.2. The van der Waals surface area contributed by atoms with Gasteiger partial charge in [0.1, 0.15) is 34.2 Å². The van der Waals surface area contributed by atoms with Gasteiger partial charge in [0.15, 0.2) is 17.3 Å². The van der Waals surface area contributed by atoms with Gasteiger partial charge in [-0.3, -0.25) is 9.10 Å². The zero-order chi connectivity index (χ0) is 33.7. The van der Waals surface area contributed by atoms with Crippen molar-refractivity contribution in [3.05, 3.63) is 64.8 Å². The first-order valence-electron chi connectivity index (χ1n) is 13.4. The first-order chi connectivity index (χ1) is 20.8. The predicted molar refractivity (Wildman–Crippen MR) is 163 cm³/mol. The molecule has 0 atom stereocenters. The highest BCUT2D eigenvalue weighted by atomic mass is 32.2. The molecule has 16 heteroatoms. The number of halogens is 2. The van der Waals surface area contributed by atoms with Crippen LogP contribution in [-0.4, -0.2) is 56.2 Å². The van der Waals surface area contributed by atoms with Crippen LogP contribution >= 0.6 is 11.3 Å². The van der Waals surface area contributed by atoms with Crippen LogP contribution in [0.3, 0.4) is 0 Å². The standard InChI is InChI=1S/C29H34F2N4O8S2/c1-28(2,3)42-26(37)24-25(44-16-33-24)35(15-17-8-10-18(41-7)11-9-17)45(39,40)19-12-20(30)23(21(31)13-19)34-22(36)14-32-27(38)43-29(4,5)6/h8-13,16H,14-15H2,1-7H3,(H,32,38)(H,34,36). The molecule has 0 saturated heterocycles. The number of esters is 1. The van der Waals surface area contributed by atoms with E-state index in [1.54, 1.807) is 65.8 Å². The number of sulfonamides is 1. The van der Waals surface area contributed by atoms with Gasteiger partial charge in [0.2, 0.25) is 5.91 Å². The molecule has 45 heavy (non-hydrogen) atoms. The molecule has 0 saturated carbocycles. The summed E-state index contributed by atoms with van der Waals surface area (Å²) in [7, 11) is -3.31. The molecule has 0 bridgehead atoms. The molecule has 0 unspecified atom stereocenters. The first kappa shape index (κ1) is 35.2. The third-order valence-corrected chi connectivity index (χ3v) is 8.20. The fourth-order valence-corrected chi connectivity index (χ4v) is 6.14. The van der Waals surface area contributed by atoms with E-state index in [0.29, 0.717) is 23.4 Å². The largest absolute Gasteiger partial charge is 0.497 e. The molecule has 3 aromatic rings. The number of aromatic nitrogens is 1. The average molecular weight is 669 g/mol. The fourth-order valence-electron chi connectivity index (χ4n) is 3.64. The summed E-state index contributed by atoms with van der Waals surface area (Å²) >= 11 is 0.812. The van der Waals surface area contributed by atoms with E-state index in [9.17, 15) is 22.8 Å². The van der Waals surface area contributed by atoms with Gasteiger partial charge in [-0.25, -0.2) is 31.8 Å². The van der Waals surface area contributed by atoms with Crippen molar-refractivity contribution in [1.29, 1.82) is 0 Å². The van der Waals surface area contributed by atoms with E-state index >= 15 is 8.78 Å². The number of methoxy groups -OCH3 is 1. The van der Waals surface area contributed by atoms with Gasteiger partial charge in [-0.05, 0) is 71.4 Å². The Morgan fingerprint density at radius 2 is 1.53 bits per heavy atom. The van der Waals surface area contributed by atoms with Crippen molar-refractivity contribution in [2.45, 2.75) is 64.2 Å². The molecule has 2 N–H and O–H groups in total. The van der Waals surface area contributed by atoms with Gasteiger partial charge in [-0.2, -0.15) is 0 Å². The lowest BCUT2D eigenvalue weighted by molar-refractivity contribution is -0.115. The summed E-state index contributed by atoms with van der Waals surface area (Å²) in [6.45, 7) is 8.67. The highest BCUT2D eigenvalue weighted by Crippen LogP contribution is 2.35. The average Bonchev–Trinajstić information content (AvgIpc) is 3.40. The summed E-state index contributed by atoms with van der Waals surface area (Å²) in [4.78, 5) is 40.2. The van der Waals surface area contributed by atoms with Gasteiger partial charge in [0.25, 0.3) is 10.0 Å². The summed E-state index contributed by atoms with van der Waals surface area (Å²) in [6.07, 6.45) is -0.925. The number of carbonyl (C=O) groups excluding carboxylic acids is 3. The number of anilines is 2. The third kappa shape index (κ3) is 9.59. The van der Waals surface area contributed by atoms with Crippen LogP contribution in [0.5, 0.6) is 5.75 Å². The molecule has 0 aliphatic heterocycles. The zero-order valence-corrected chi connectivity index (χ0v) is 27.3. The van der Waals surface area contributed by atoms with Crippen molar-refractivity contribution in [3.63, 3.8) is 0 Å². The Morgan fingerprint density at radius 1 is 0.956 bits per heavy atom. The molecule has 2 amide bonds. The highest BCUT2D eigenvalue weighted by molar-refractivity contribution is 7.93. The topological polar surface area (TPSA) is 153 Å². The number of ether oxygens (including phenoxy) is 3. The Bertz CT molecular complexity index is 1640. The summed E-state index contributed by atoms with van der Waals surface area (Å²) in [5.74, 6) is -4.20. The molecule has 0 aliphatic rings. The fraction of sp³-hybridized carbons (Fsp3) is 0.379. The Kier molecular flexibility index (Phi) is 10.8. The van der Waals surface area contributed by atoms with Crippen molar-refractivity contribution in [2.24, 2.45) is 0 Å². The monoisotopic (exact) mass is 668 g/mol. The summed E-state index contributed by atoms with van der Waals surface area (Å²) < 4.78 is 74.7. The van der Waals surface area contributed by atoms with Gasteiger partial charge < -0.3 is 24.8 Å². The van der Waals surface area contributed by atoms with Crippen molar-refractivity contribution >= 4 is 50.0 Å². The van der Waals surface area contributed by atoms with E-state index in [1.165, 1.54) is 12.6 Å². The molecular weight excluding hydrogens is 634 g/mol. The predicted octanol–water partition coefficient (Wildman–Crippen LogP) is 5.24. The Balaban J connectivity index is 1.97.